The molecule has 2 N–H and O–H groups in total. The van der Waals surface area contributed by atoms with Crippen molar-refractivity contribution in [2.24, 2.45) is 0 Å². The molecule has 1 aromatic heterocycles. The highest BCUT2D eigenvalue weighted by molar-refractivity contribution is 8.01. The van der Waals surface area contributed by atoms with Crippen molar-refractivity contribution in [2.75, 3.05) is 25.1 Å². The molecule has 0 bridgehead atoms. The van der Waals surface area contributed by atoms with Crippen LogP contribution in [0.3, 0.4) is 0 Å². The largest absolute Gasteiger partial charge is 0.486 e. The fraction of sp³-hybridized carbons (Fsp3) is 0.182. The maximum Gasteiger partial charge on any atom is 0.338 e. The Kier molecular flexibility index (Phi) is 7.65. The van der Waals surface area contributed by atoms with Crippen molar-refractivity contribution < 1.29 is 33.5 Å². The summed E-state index contributed by atoms with van der Waals surface area (Å²) in [6, 6.07) is 7.72. The summed E-state index contributed by atoms with van der Waals surface area (Å²) in [5, 5.41) is 17.8. The van der Waals surface area contributed by atoms with Gasteiger partial charge in [-0.2, -0.15) is 0 Å². The lowest BCUT2D eigenvalue weighted by Gasteiger charge is -2.19. The van der Waals surface area contributed by atoms with Gasteiger partial charge in [0, 0.05) is 28.9 Å². The number of nitro benzene ring substituents is 1. The molecule has 0 saturated carbocycles. The summed E-state index contributed by atoms with van der Waals surface area (Å²) in [4.78, 5) is 51.9. The van der Waals surface area contributed by atoms with E-state index in [1.807, 2.05) is 17.6 Å². The van der Waals surface area contributed by atoms with Crippen molar-refractivity contribution in [1.82, 2.24) is 10.3 Å². The zero-order valence-electron chi connectivity index (χ0n) is 18.6. The average Bonchev–Trinajstić information content (AvgIpc) is 3.26. The molecule has 3 aromatic rings. The van der Waals surface area contributed by atoms with Crippen LogP contribution in [0.25, 0.3) is 0 Å². The van der Waals surface area contributed by atoms with Gasteiger partial charge in [0.15, 0.2) is 22.4 Å². The quantitative estimate of drug-likeness (QED) is 0.261. The molecule has 0 spiro atoms. The molecule has 0 atom stereocenters. The number of hydrogen-bond acceptors (Lipinski definition) is 11. The van der Waals surface area contributed by atoms with E-state index >= 15 is 0 Å². The highest BCUT2D eigenvalue weighted by Crippen LogP contribution is 2.37. The van der Waals surface area contributed by atoms with Crippen molar-refractivity contribution in [2.45, 2.75) is 16.2 Å². The van der Waals surface area contributed by atoms with Gasteiger partial charge in [-0.15, -0.1) is 11.3 Å². The Bertz CT molecular complexity index is 1340. The van der Waals surface area contributed by atoms with Crippen LogP contribution < -0.4 is 20.1 Å². The molecule has 0 aliphatic carbocycles. The van der Waals surface area contributed by atoms with E-state index in [2.05, 4.69) is 10.3 Å². The molecule has 14 heteroatoms. The van der Waals surface area contributed by atoms with Crippen LogP contribution in [0.2, 0.25) is 0 Å². The molecule has 12 nitrogen and oxygen atoms in total. The Morgan fingerprint density at radius 2 is 1.94 bits per heavy atom. The number of urea groups is 1. The van der Waals surface area contributed by atoms with Gasteiger partial charge in [-0.05, 0) is 31.2 Å². The van der Waals surface area contributed by atoms with Crippen molar-refractivity contribution in [3.63, 3.8) is 0 Å². The van der Waals surface area contributed by atoms with E-state index in [4.69, 9.17) is 14.2 Å². The summed E-state index contributed by atoms with van der Waals surface area (Å²) in [6.45, 7) is 1.85. The fourth-order valence-electron chi connectivity index (χ4n) is 3.01. The third-order valence-electron chi connectivity index (χ3n) is 4.57. The summed E-state index contributed by atoms with van der Waals surface area (Å²) in [6.07, 6.45) is 0. The van der Waals surface area contributed by atoms with Gasteiger partial charge in [-0.3, -0.25) is 20.2 Å². The zero-order valence-corrected chi connectivity index (χ0v) is 20.3. The van der Waals surface area contributed by atoms with Gasteiger partial charge in [0.25, 0.3) is 11.6 Å². The minimum Gasteiger partial charge on any atom is -0.486 e. The van der Waals surface area contributed by atoms with Crippen LogP contribution in [0.1, 0.15) is 16.1 Å². The first-order valence-corrected chi connectivity index (χ1v) is 12.0. The second kappa shape index (κ2) is 11.0. The van der Waals surface area contributed by atoms with Gasteiger partial charge in [-0.25, -0.2) is 14.6 Å². The molecule has 0 saturated heterocycles. The second-order valence-corrected chi connectivity index (χ2v) is 9.38. The molecule has 1 aliphatic heterocycles. The minimum absolute atomic E-state index is 0.116. The number of nitrogens with one attached hydrogen (secondary N) is 2. The number of thiazole rings is 1. The normalized spacial score (nSPS) is 11.9. The van der Waals surface area contributed by atoms with Crippen molar-refractivity contribution in [1.29, 1.82) is 0 Å². The van der Waals surface area contributed by atoms with E-state index < -0.39 is 29.4 Å². The molecule has 0 radical (unpaired) electrons. The summed E-state index contributed by atoms with van der Waals surface area (Å²) >= 11 is 2.45. The van der Waals surface area contributed by atoms with E-state index in [1.54, 1.807) is 18.2 Å². The Morgan fingerprint density at radius 1 is 1.17 bits per heavy atom. The van der Waals surface area contributed by atoms with E-state index in [-0.39, 0.29) is 11.3 Å². The maximum absolute atomic E-state index is 12.3. The zero-order chi connectivity index (χ0) is 25.7. The van der Waals surface area contributed by atoms with Gasteiger partial charge in [-0.1, -0.05) is 11.8 Å². The Morgan fingerprint density at radius 3 is 2.67 bits per heavy atom. The lowest BCUT2D eigenvalue weighted by atomic mass is 10.2. The summed E-state index contributed by atoms with van der Waals surface area (Å²) < 4.78 is 16.4. The van der Waals surface area contributed by atoms with Crippen molar-refractivity contribution in [3.05, 3.63) is 63.1 Å². The number of hydrogen-bond donors (Lipinski definition) is 2. The van der Waals surface area contributed by atoms with E-state index in [0.29, 0.717) is 39.6 Å². The monoisotopic (exact) mass is 530 g/mol. The number of aryl methyl sites for hydroxylation is 1. The molecule has 3 amide bonds. The van der Waals surface area contributed by atoms with Crippen molar-refractivity contribution in [3.8, 4) is 11.5 Å². The number of esters is 1. The minimum atomic E-state index is -0.956. The van der Waals surface area contributed by atoms with Crippen LogP contribution in [-0.2, 0) is 9.53 Å². The second-order valence-electron chi connectivity index (χ2n) is 7.23. The molecule has 2 aromatic carbocycles. The molecule has 2 heterocycles. The SMILES string of the molecule is Cc1csc(Sc2ccc(C(=O)OCC(=O)NC(=O)Nc3ccc4c(c3)OCCO4)cc2[N+](=O)[O-])n1. The predicted molar refractivity (Wildman–Crippen MR) is 129 cm³/mol. The van der Waals surface area contributed by atoms with Gasteiger partial charge < -0.3 is 19.5 Å². The third-order valence-corrected chi connectivity index (χ3v) is 6.70. The van der Waals surface area contributed by atoms with Crippen LogP contribution in [-0.4, -0.2) is 47.6 Å². The number of rotatable bonds is 7. The number of nitrogens with zero attached hydrogens (tertiary/aromatic N) is 2. The van der Waals surface area contributed by atoms with Gasteiger partial charge in [0.1, 0.15) is 13.2 Å². The number of imide groups is 1. The first-order valence-electron chi connectivity index (χ1n) is 10.3. The molecule has 4 rings (SSSR count). The number of carbonyl (C=O) groups is 3. The smallest absolute Gasteiger partial charge is 0.338 e. The van der Waals surface area contributed by atoms with Gasteiger partial charge in [0.05, 0.1) is 15.4 Å². The highest BCUT2D eigenvalue weighted by atomic mass is 32.2. The molecule has 36 heavy (non-hydrogen) atoms. The number of fused-ring (bicyclic) bond motifs is 1. The molecule has 186 valence electrons. The molecule has 0 fully saturated rings. The molecular weight excluding hydrogens is 512 g/mol. The number of carbonyl (C=O) groups excluding carboxylic acids is 3. The van der Waals surface area contributed by atoms with Crippen LogP contribution in [0.15, 0.2) is 51.0 Å². The number of benzene rings is 2. The Hall–Kier alpha value is -4.17. The van der Waals surface area contributed by atoms with E-state index in [0.717, 1.165) is 23.5 Å². The average molecular weight is 531 g/mol. The van der Waals surface area contributed by atoms with Gasteiger partial charge in [0.2, 0.25) is 0 Å². The lowest BCUT2D eigenvalue weighted by Crippen LogP contribution is -2.37. The van der Waals surface area contributed by atoms with Crippen LogP contribution >= 0.6 is 23.1 Å². The summed E-state index contributed by atoms with van der Waals surface area (Å²) in [5.41, 5.74) is 0.740. The first kappa shape index (κ1) is 24.9. The van der Waals surface area contributed by atoms with Crippen LogP contribution in [0, 0.1) is 17.0 Å². The Balaban J connectivity index is 1.31. The van der Waals surface area contributed by atoms with E-state index in [9.17, 15) is 24.5 Å². The number of nitro groups is 1. The Labute approximate surface area is 212 Å². The molecular formula is C22H18N4O8S2. The maximum atomic E-state index is 12.3. The van der Waals surface area contributed by atoms with Gasteiger partial charge >= 0.3 is 12.0 Å². The van der Waals surface area contributed by atoms with Crippen LogP contribution in [0.5, 0.6) is 11.5 Å². The number of ether oxygens (including phenoxy) is 3. The summed E-state index contributed by atoms with van der Waals surface area (Å²) in [5.74, 6) is -0.846. The van der Waals surface area contributed by atoms with E-state index in [1.165, 1.54) is 23.5 Å². The molecule has 1 aliphatic rings. The lowest BCUT2D eigenvalue weighted by molar-refractivity contribution is -0.387. The third kappa shape index (κ3) is 6.28. The number of anilines is 1. The first-order chi connectivity index (χ1) is 17.3. The highest BCUT2D eigenvalue weighted by Gasteiger charge is 2.21. The summed E-state index contributed by atoms with van der Waals surface area (Å²) in [7, 11) is 0. The molecule has 0 unspecified atom stereocenters. The fourth-order valence-corrected chi connectivity index (χ4v) is 4.89. The standard InChI is InChI=1S/C22H18N4O8S2/c1-12-11-35-22(23-12)36-18-5-2-13(8-15(18)26(30)31)20(28)34-10-19(27)25-21(29)24-14-3-4-16-17(9-14)33-7-6-32-16/h2-5,8-9,11H,6-7,10H2,1H3,(H2,24,25,27,29). The van der Waals surface area contributed by atoms with Crippen LogP contribution in [0.4, 0.5) is 16.2 Å². The topological polar surface area (TPSA) is 159 Å². The predicted octanol–water partition coefficient (Wildman–Crippen LogP) is 3.79. The van der Waals surface area contributed by atoms with Crippen molar-refractivity contribution >= 4 is 52.4 Å². The number of amides is 3. The number of aromatic nitrogens is 1.